The van der Waals surface area contributed by atoms with Crippen LogP contribution in [-0.4, -0.2) is 65.5 Å². The Balaban J connectivity index is 1.91. The molecule has 2 heterocycles. The summed E-state index contributed by atoms with van der Waals surface area (Å²) < 4.78 is 56.2. The van der Waals surface area contributed by atoms with Gasteiger partial charge in [-0.3, -0.25) is 18.9 Å². The summed E-state index contributed by atoms with van der Waals surface area (Å²) in [6.07, 6.45) is 0.0194. The van der Waals surface area contributed by atoms with Crippen LogP contribution in [0.4, 0.5) is 8.78 Å². The van der Waals surface area contributed by atoms with Gasteiger partial charge >= 0.3 is 7.60 Å². The first-order valence-corrected chi connectivity index (χ1v) is 13.9. The normalized spacial score (nSPS) is 20.4. The van der Waals surface area contributed by atoms with Gasteiger partial charge in [0.1, 0.15) is 22.9 Å². The Morgan fingerprint density at radius 2 is 2.00 bits per heavy atom. The van der Waals surface area contributed by atoms with Gasteiger partial charge in [-0.2, -0.15) is 0 Å². The number of ketones is 1. The first-order valence-electron chi connectivity index (χ1n) is 12.1. The number of fused-ring (bicyclic) bond motifs is 1. The molecule has 1 aliphatic heterocycles. The van der Waals surface area contributed by atoms with Crippen molar-refractivity contribution in [2.24, 2.45) is 5.41 Å². The summed E-state index contributed by atoms with van der Waals surface area (Å²) in [6.45, 7) is 2.63. The molecule has 0 spiro atoms. The second kappa shape index (κ2) is 12.5. The van der Waals surface area contributed by atoms with E-state index in [-0.39, 0.29) is 56.8 Å². The van der Waals surface area contributed by atoms with Crippen molar-refractivity contribution >= 4 is 19.3 Å². The Kier molecular flexibility index (Phi) is 9.78. The van der Waals surface area contributed by atoms with Crippen LogP contribution in [0.15, 0.2) is 29.2 Å². The highest BCUT2D eigenvalue weighted by Gasteiger charge is 2.48. The quantitative estimate of drug-likeness (QED) is 0.326. The Hall–Kier alpha value is -2.96. The highest BCUT2D eigenvalue weighted by Crippen LogP contribution is 2.43. The van der Waals surface area contributed by atoms with Crippen molar-refractivity contribution in [3.05, 3.63) is 63.1 Å². The molecule has 0 fully saturated rings. The van der Waals surface area contributed by atoms with Crippen LogP contribution in [0.2, 0.25) is 0 Å². The molecule has 214 valence electrons. The molecule has 0 radical (unpaired) electrons. The lowest BCUT2D eigenvalue weighted by molar-refractivity contribution is -0.0444. The minimum Gasteiger partial charge on any atom is -0.503 e. The lowest BCUT2D eigenvalue weighted by Crippen LogP contribution is -2.51. The summed E-state index contributed by atoms with van der Waals surface area (Å²) in [4.78, 5) is 49.1. The van der Waals surface area contributed by atoms with Crippen molar-refractivity contribution in [1.29, 1.82) is 0 Å². The zero-order valence-corrected chi connectivity index (χ0v) is 22.6. The first kappa shape index (κ1) is 30.6. The van der Waals surface area contributed by atoms with Gasteiger partial charge in [-0.1, -0.05) is 6.07 Å². The van der Waals surface area contributed by atoms with Crippen LogP contribution in [0.1, 0.15) is 46.7 Å². The largest absolute Gasteiger partial charge is 0.503 e. The van der Waals surface area contributed by atoms with E-state index in [2.05, 4.69) is 5.32 Å². The fourth-order valence-corrected chi connectivity index (χ4v) is 5.20. The number of Topliss-reactive ketones (excluding diaryl/α,β-unsaturated/α-hetero) is 1. The number of nitrogens with zero attached hydrogens (tertiary/aromatic N) is 1. The van der Waals surface area contributed by atoms with Crippen molar-refractivity contribution in [2.75, 3.05) is 33.1 Å². The molecule has 3 atom stereocenters. The molecule has 1 aromatic heterocycles. The number of nitrogens with one attached hydrogen (secondary N) is 1. The van der Waals surface area contributed by atoms with Crippen molar-refractivity contribution < 1.29 is 46.9 Å². The summed E-state index contributed by atoms with van der Waals surface area (Å²) in [6, 6.07) is 2.80. The van der Waals surface area contributed by atoms with Gasteiger partial charge in [0.05, 0.1) is 37.4 Å². The number of aromatic hydroxyl groups is 1. The fraction of sp³-hybridized carbons (Fsp3) is 0.480. The van der Waals surface area contributed by atoms with Gasteiger partial charge in [0.2, 0.25) is 5.43 Å². The van der Waals surface area contributed by atoms with E-state index in [0.29, 0.717) is 6.07 Å². The topological polar surface area (TPSA) is 153 Å². The van der Waals surface area contributed by atoms with Crippen molar-refractivity contribution in [3.63, 3.8) is 0 Å². The van der Waals surface area contributed by atoms with Gasteiger partial charge in [0.15, 0.2) is 11.5 Å². The second-order valence-electron chi connectivity index (χ2n) is 9.27. The van der Waals surface area contributed by atoms with E-state index in [1.54, 1.807) is 13.8 Å². The SMILES string of the molecule is CCOP(=O)(O)CCOC1Cn2cc(C(=O)NCc3ccc(F)cc3F)c(=O)c(O)c2C(=O)C1(C)CCOC. The maximum Gasteiger partial charge on any atom is 0.330 e. The Labute approximate surface area is 223 Å². The van der Waals surface area contributed by atoms with E-state index in [1.807, 2.05) is 0 Å². The third-order valence-electron chi connectivity index (χ3n) is 6.61. The lowest BCUT2D eigenvalue weighted by Gasteiger charge is -2.41. The fourth-order valence-electron chi connectivity index (χ4n) is 4.33. The first-order chi connectivity index (χ1) is 18.3. The number of pyridine rings is 1. The van der Waals surface area contributed by atoms with Gasteiger partial charge in [-0.05, 0) is 26.3 Å². The number of rotatable bonds is 12. The van der Waals surface area contributed by atoms with Crippen LogP contribution in [-0.2, 0) is 31.7 Å². The molecular formula is C25H31F2N2O9P. The molecule has 3 unspecified atom stereocenters. The minimum absolute atomic E-state index is 0.0277. The predicted molar refractivity (Wildman–Crippen MR) is 135 cm³/mol. The number of benzene rings is 1. The van der Waals surface area contributed by atoms with Crippen LogP contribution in [0.5, 0.6) is 5.75 Å². The molecule has 3 rings (SSSR count). The molecule has 0 saturated carbocycles. The summed E-state index contributed by atoms with van der Waals surface area (Å²) in [5.41, 5.74) is -3.24. The molecule has 1 aromatic carbocycles. The van der Waals surface area contributed by atoms with Crippen molar-refractivity contribution in [3.8, 4) is 5.75 Å². The average molecular weight is 572 g/mol. The highest BCUT2D eigenvalue weighted by molar-refractivity contribution is 7.52. The van der Waals surface area contributed by atoms with Gasteiger partial charge in [0, 0.05) is 38.1 Å². The van der Waals surface area contributed by atoms with E-state index in [4.69, 9.17) is 14.0 Å². The molecule has 2 aromatic rings. The molecule has 0 aliphatic carbocycles. The Morgan fingerprint density at radius 1 is 1.28 bits per heavy atom. The van der Waals surface area contributed by atoms with E-state index in [0.717, 1.165) is 18.3 Å². The standard InChI is InChI=1S/C25H31F2N2O9P/c1-4-38-39(34,35)10-9-37-19-14-29-13-17(24(33)28-12-15-5-6-16(26)11-18(15)27)21(30)22(31)20(29)23(32)25(19,2)7-8-36-3/h5-6,11,13,19,31H,4,7-10,12,14H2,1-3H3,(H,28,33)(H,34,35). The second-order valence-corrected chi connectivity index (χ2v) is 11.2. The average Bonchev–Trinajstić information content (AvgIpc) is 2.87. The summed E-state index contributed by atoms with van der Waals surface area (Å²) in [5, 5.41) is 13.0. The number of hydrogen-bond donors (Lipinski definition) is 3. The van der Waals surface area contributed by atoms with Crippen LogP contribution < -0.4 is 10.7 Å². The van der Waals surface area contributed by atoms with Crippen molar-refractivity contribution in [1.82, 2.24) is 9.88 Å². The van der Waals surface area contributed by atoms with Crippen LogP contribution >= 0.6 is 7.60 Å². The van der Waals surface area contributed by atoms with Gasteiger partial charge < -0.3 is 33.9 Å². The molecular weight excluding hydrogens is 541 g/mol. The number of methoxy groups -OCH3 is 1. The van der Waals surface area contributed by atoms with E-state index >= 15 is 0 Å². The predicted octanol–water partition coefficient (Wildman–Crippen LogP) is 2.61. The molecule has 3 N–H and O–H groups in total. The number of carbonyl (C=O) groups excluding carboxylic acids is 2. The number of halogens is 2. The van der Waals surface area contributed by atoms with Crippen LogP contribution in [0, 0.1) is 17.0 Å². The Morgan fingerprint density at radius 3 is 2.64 bits per heavy atom. The monoisotopic (exact) mass is 572 g/mol. The summed E-state index contributed by atoms with van der Waals surface area (Å²) in [7, 11) is -2.46. The number of aromatic nitrogens is 1. The van der Waals surface area contributed by atoms with E-state index in [1.165, 1.54) is 11.7 Å². The molecule has 0 saturated heterocycles. The van der Waals surface area contributed by atoms with Gasteiger partial charge in [0.25, 0.3) is 5.91 Å². The molecule has 14 heteroatoms. The maximum absolute atomic E-state index is 13.9. The van der Waals surface area contributed by atoms with E-state index in [9.17, 15) is 37.7 Å². The summed E-state index contributed by atoms with van der Waals surface area (Å²) >= 11 is 0. The Bertz CT molecular complexity index is 1350. The van der Waals surface area contributed by atoms with Crippen LogP contribution in [0.3, 0.4) is 0 Å². The molecule has 0 bridgehead atoms. The lowest BCUT2D eigenvalue weighted by atomic mass is 9.73. The zero-order chi connectivity index (χ0) is 29.0. The number of amides is 1. The number of carbonyl (C=O) groups is 2. The van der Waals surface area contributed by atoms with Crippen molar-refractivity contribution in [2.45, 2.75) is 39.5 Å². The summed E-state index contributed by atoms with van der Waals surface area (Å²) in [5.74, 6) is -4.20. The van der Waals surface area contributed by atoms with Gasteiger partial charge in [-0.15, -0.1) is 0 Å². The van der Waals surface area contributed by atoms with Gasteiger partial charge in [-0.25, -0.2) is 8.78 Å². The number of hydrogen-bond acceptors (Lipinski definition) is 8. The zero-order valence-electron chi connectivity index (χ0n) is 21.7. The van der Waals surface area contributed by atoms with E-state index < -0.39 is 59.2 Å². The maximum atomic E-state index is 13.9. The number of ether oxygens (including phenoxy) is 2. The third-order valence-corrected chi connectivity index (χ3v) is 8.02. The highest BCUT2D eigenvalue weighted by atomic mass is 31.2. The third kappa shape index (κ3) is 6.79. The molecule has 39 heavy (non-hydrogen) atoms. The molecule has 1 aliphatic rings. The smallest absolute Gasteiger partial charge is 0.330 e. The molecule has 11 nitrogen and oxygen atoms in total. The molecule has 1 amide bonds. The van der Waals surface area contributed by atoms with Crippen LogP contribution in [0.25, 0.3) is 0 Å². The minimum atomic E-state index is -3.90.